The molecular formula is C11H20N4O. The number of aromatic amines is 1. The van der Waals surface area contributed by atoms with Gasteiger partial charge in [-0.25, -0.2) is 5.10 Å². The maximum absolute atomic E-state index is 10.8. The molecule has 1 rings (SSSR count). The molecule has 5 heteroatoms. The van der Waals surface area contributed by atoms with Crippen molar-refractivity contribution in [3.8, 4) is 0 Å². The van der Waals surface area contributed by atoms with Crippen LogP contribution in [0, 0.1) is 0 Å². The van der Waals surface area contributed by atoms with Crippen molar-refractivity contribution < 1.29 is 0 Å². The minimum Gasteiger partial charge on any atom is -0.311 e. The normalized spacial score (nSPS) is 11.7. The van der Waals surface area contributed by atoms with E-state index in [0.29, 0.717) is 6.54 Å². The molecule has 0 unspecified atom stereocenters. The van der Waals surface area contributed by atoms with Crippen molar-refractivity contribution in [2.45, 2.75) is 32.9 Å². The molecule has 0 saturated heterocycles. The predicted molar refractivity (Wildman–Crippen MR) is 64.3 cm³/mol. The fourth-order valence-electron chi connectivity index (χ4n) is 1.21. The highest BCUT2D eigenvalue weighted by Crippen LogP contribution is 1.96. The molecule has 0 fully saturated rings. The third-order valence-corrected chi connectivity index (χ3v) is 2.00. The van der Waals surface area contributed by atoms with Crippen LogP contribution in [0.4, 0.5) is 0 Å². The van der Waals surface area contributed by atoms with Gasteiger partial charge >= 0.3 is 0 Å². The molecule has 0 atom stereocenters. The molecule has 0 bridgehead atoms. The second-order valence-electron chi connectivity index (χ2n) is 4.77. The van der Waals surface area contributed by atoms with Gasteiger partial charge in [-0.15, -0.1) is 0 Å². The summed E-state index contributed by atoms with van der Waals surface area (Å²) in [6.07, 6.45) is 0. The third kappa shape index (κ3) is 5.63. The minimum absolute atomic E-state index is 0.151. The number of aromatic nitrogens is 2. The van der Waals surface area contributed by atoms with Crippen molar-refractivity contribution in [2.75, 3.05) is 13.1 Å². The summed E-state index contributed by atoms with van der Waals surface area (Å²) in [6.45, 7) is 8.86. The summed E-state index contributed by atoms with van der Waals surface area (Å²) in [7, 11) is 0. The minimum atomic E-state index is -0.168. The molecule has 90 valence electrons. The Morgan fingerprint density at radius 1 is 1.31 bits per heavy atom. The predicted octanol–water partition coefficient (Wildman–Crippen LogP) is 0.248. The van der Waals surface area contributed by atoms with Gasteiger partial charge < -0.3 is 10.6 Å². The lowest BCUT2D eigenvalue weighted by molar-refractivity contribution is 0.421. The second kappa shape index (κ2) is 5.77. The van der Waals surface area contributed by atoms with E-state index in [1.165, 1.54) is 6.07 Å². The largest absolute Gasteiger partial charge is 0.311 e. The Labute approximate surface area is 95.7 Å². The summed E-state index contributed by atoms with van der Waals surface area (Å²) >= 11 is 0. The topological polar surface area (TPSA) is 69.8 Å². The fraction of sp³-hybridized carbons (Fsp3) is 0.636. The van der Waals surface area contributed by atoms with Gasteiger partial charge in [0.2, 0.25) is 0 Å². The standard InChI is InChI=1S/C11H20N4O/c1-11(2,3)13-7-6-12-8-9-4-5-10(16)15-14-9/h4-5,12-13H,6-8H2,1-3H3,(H,15,16). The summed E-state index contributed by atoms with van der Waals surface area (Å²) in [6, 6.07) is 3.21. The molecule has 0 amide bonds. The van der Waals surface area contributed by atoms with Crippen LogP contribution in [0.25, 0.3) is 0 Å². The highest BCUT2D eigenvalue weighted by molar-refractivity contribution is 4.98. The highest BCUT2D eigenvalue weighted by atomic mass is 16.1. The van der Waals surface area contributed by atoms with Gasteiger partial charge in [0, 0.05) is 31.2 Å². The second-order valence-corrected chi connectivity index (χ2v) is 4.77. The smallest absolute Gasteiger partial charge is 0.264 e. The zero-order valence-electron chi connectivity index (χ0n) is 10.1. The average molecular weight is 224 g/mol. The van der Waals surface area contributed by atoms with Crippen LogP contribution in [0.3, 0.4) is 0 Å². The monoisotopic (exact) mass is 224 g/mol. The Balaban J connectivity index is 2.16. The lowest BCUT2D eigenvalue weighted by atomic mass is 10.1. The molecule has 16 heavy (non-hydrogen) atoms. The summed E-state index contributed by atoms with van der Waals surface area (Å²) in [5.74, 6) is 0. The van der Waals surface area contributed by atoms with Crippen molar-refractivity contribution in [3.63, 3.8) is 0 Å². The first-order valence-corrected chi connectivity index (χ1v) is 5.48. The number of nitrogens with zero attached hydrogens (tertiary/aromatic N) is 1. The molecule has 0 aliphatic carbocycles. The van der Waals surface area contributed by atoms with Gasteiger partial charge in [-0.2, -0.15) is 5.10 Å². The van der Waals surface area contributed by atoms with E-state index < -0.39 is 0 Å². The van der Waals surface area contributed by atoms with E-state index in [-0.39, 0.29) is 11.1 Å². The Kier molecular flexibility index (Phi) is 4.64. The molecule has 0 aliphatic heterocycles. The maximum atomic E-state index is 10.8. The zero-order chi connectivity index (χ0) is 12.0. The van der Waals surface area contributed by atoms with Crippen molar-refractivity contribution in [1.29, 1.82) is 0 Å². The number of rotatable bonds is 5. The van der Waals surface area contributed by atoms with Gasteiger partial charge in [-0.05, 0) is 26.8 Å². The average Bonchev–Trinajstić information content (AvgIpc) is 2.19. The van der Waals surface area contributed by atoms with Gasteiger partial charge in [-0.1, -0.05) is 0 Å². The van der Waals surface area contributed by atoms with Crippen LogP contribution in [0.15, 0.2) is 16.9 Å². The van der Waals surface area contributed by atoms with E-state index in [2.05, 4.69) is 41.6 Å². The Morgan fingerprint density at radius 3 is 2.62 bits per heavy atom. The van der Waals surface area contributed by atoms with Gasteiger partial charge in [-0.3, -0.25) is 4.79 Å². The summed E-state index contributed by atoms with van der Waals surface area (Å²) in [4.78, 5) is 10.8. The van der Waals surface area contributed by atoms with E-state index in [1.54, 1.807) is 6.07 Å². The number of hydrogen-bond acceptors (Lipinski definition) is 4. The van der Waals surface area contributed by atoms with Crippen LogP contribution in [-0.4, -0.2) is 28.8 Å². The third-order valence-electron chi connectivity index (χ3n) is 2.00. The molecule has 1 aromatic heterocycles. The van der Waals surface area contributed by atoms with E-state index in [4.69, 9.17) is 0 Å². The van der Waals surface area contributed by atoms with E-state index in [0.717, 1.165) is 18.8 Å². The maximum Gasteiger partial charge on any atom is 0.264 e. The van der Waals surface area contributed by atoms with E-state index in [1.807, 2.05) is 0 Å². The van der Waals surface area contributed by atoms with Gasteiger partial charge in [0.1, 0.15) is 0 Å². The lowest BCUT2D eigenvalue weighted by Crippen LogP contribution is -2.40. The van der Waals surface area contributed by atoms with Gasteiger partial charge in [0.15, 0.2) is 0 Å². The first-order chi connectivity index (χ1) is 7.47. The number of H-pyrrole nitrogens is 1. The van der Waals surface area contributed by atoms with Crippen LogP contribution >= 0.6 is 0 Å². The highest BCUT2D eigenvalue weighted by Gasteiger charge is 2.06. The van der Waals surface area contributed by atoms with E-state index >= 15 is 0 Å². The summed E-state index contributed by atoms with van der Waals surface area (Å²) in [5, 5.41) is 12.9. The van der Waals surface area contributed by atoms with Crippen LogP contribution < -0.4 is 16.2 Å². The summed E-state index contributed by atoms with van der Waals surface area (Å²) in [5.41, 5.74) is 0.825. The Morgan fingerprint density at radius 2 is 2.06 bits per heavy atom. The molecule has 0 saturated carbocycles. The van der Waals surface area contributed by atoms with Gasteiger partial charge in [0.25, 0.3) is 5.56 Å². The van der Waals surface area contributed by atoms with Crippen molar-refractivity contribution >= 4 is 0 Å². The lowest BCUT2D eigenvalue weighted by Gasteiger charge is -2.20. The van der Waals surface area contributed by atoms with Crippen LogP contribution in [-0.2, 0) is 6.54 Å². The van der Waals surface area contributed by atoms with Crippen LogP contribution in [0.5, 0.6) is 0 Å². The first-order valence-electron chi connectivity index (χ1n) is 5.48. The molecule has 5 nitrogen and oxygen atoms in total. The fourth-order valence-corrected chi connectivity index (χ4v) is 1.21. The van der Waals surface area contributed by atoms with Gasteiger partial charge in [0.05, 0.1) is 5.69 Å². The molecule has 3 N–H and O–H groups in total. The number of nitrogens with one attached hydrogen (secondary N) is 3. The molecular weight excluding hydrogens is 204 g/mol. The van der Waals surface area contributed by atoms with Crippen LogP contribution in [0.2, 0.25) is 0 Å². The molecule has 0 aromatic carbocycles. The molecule has 0 aliphatic rings. The Bertz CT molecular complexity index is 346. The number of hydrogen-bond donors (Lipinski definition) is 3. The van der Waals surface area contributed by atoms with Crippen molar-refractivity contribution in [1.82, 2.24) is 20.8 Å². The molecule has 1 aromatic rings. The van der Waals surface area contributed by atoms with Crippen molar-refractivity contribution in [2.24, 2.45) is 0 Å². The van der Waals surface area contributed by atoms with E-state index in [9.17, 15) is 4.79 Å². The molecule has 1 heterocycles. The summed E-state index contributed by atoms with van der Waals surface area (Å²) < 4.78 is 0. The van der Waals surface area contributed by atoms with Crippen LogP contribution in [0.1, 0.15) is 26.5 Å². The molecule has 0 spiro atoms. The zero-order valence-corrected chi connectivity index (χ0v) is 10.1. The molecule has 0 radical (unpaired) electrons. The quantitative estimate of drug-likeness (QED) is 0.627. The Hall–Kier alpha value is -1.20. The first kappa shape index (κ1) is 12.9. The SMILES string of the molecule is CC(C)(C)NCCNCc1ccc(=O)[nH]n1. The van der Waals surface area contributed by atoms with Crippen molar-refractivity contribution in [3.05, 3.63) is 28.2 Å².